The van der Waals surface area contributed by atoms with Crippen molar-refractivity contribution < 1.29 is 9.53 Å². The summed E-state index contributed by atoms with van der Waals surface area (Å²) in [6.45, 7) is 0.720. The van der Waals surface area contributed by atoms with Gasteiger partial charge < -0.3 is 4.74 Å². The molecule has 0 radical (unpaired) electrons. The Bertz CT molecular complexity index is 871. The van der Waals surface area contributed by atoms with E-state index in [-0.39, 0.29) is 5.78 Å². The molecule has 0 bridgehead atoms. The zero-order chi connectivity index (χ0) is 15.6. The van der Waals surface area contributed by atoms with Gasteiger partial charge in [-0.25, -0.2) is 4.98 Å². The second-order valence-corrected chi connectivity index (χ2v) is 5.90. The highest BCUT2D eigenvalue weighted by molar-refractivity contribution is 6.00. The summed E-state index contributed by atoms with van der Waals surface area (Å²) in [6, 6.07) is 17.7. The Morgan fingerprint density at radius 3 is 2.83 bits per heavy atom. The summed E-state index contributed by atoms with van der Waals surface area (Å²) in [7, 11) is 0. The van der Waals surface area contributed by atoms with Crippen LogP contribution in [-0.2, 0) is 12.8 Å². The lowest BCUT2D eigenvalue weighted by molar-refractivity contribution is 0.0993. The maximum atomic E-state index is 12.5. The van der Waals surface area contributed by atoms with Crippen LogP contribution in [0.25, 0.3) is 10.9 Å². The maximum absolute atomic E-state index is 12.5. The van der Waals surface area contributed by atoms with Crippen molar-refractivity contribution >= 4 is 16.7 Å². The second kappa shape index (κ2) is 5.84. The zero-order valence-corrected chi connectivity index (χ0v) is 12.8. The van der Waals surface area contributed by atoms with Crippen LogP contribution in [0.3, 0.4) is 0 Å². The molecular formula is C20H17NO2. The van der Waals surface area contributed by atoms with Gasteiger partial charge in [0.15, 0.2) is 5.78 Å². The summed E-state index contributed by atoms with van der Waals surface area (Å²) in [5, 5.41) is 1.06. The number of aryl methyl sites for hydroxylation is 1. The van der Waals surface area contributed by atoms with Gasteiger partial charge in [0.1, 0.15) is 0 Å². The van der Waals surface area contributed by atoms with Gasteiger partial charge in [-0.2, -0.15) is 0 Å². The molecule has 1 aromatic heterocycles. The molecule has 114 valence electrons. The molecule has 0 fully saturated rings. The Kier molecular flexibility index (Phi) is 3.54. The smallest absolute Gasteiger partial charge is 0.217 e. The quantitative estimate of drug-likeness (QED) is 0.687. The van der Waals surface area contributed by atoms with E-state index in [0.29, 0.717) is 12.0 Å². The molecule has 0 spiro atoms. The number of rotatable bonds is 3. The van der Waals surface area contributed by atoms with Crippen LogP contribution in [0.15, 0.2) is 54.6 Å². The van der Waals surface area contributed by atoms with E-state index in [1.165, 1.54) is 0 Å². The van der Waals surface area contributed by atoms with Crippen molar-refractivity contribution in [2.24, 2.45) is 0 Å². The highest BCUT2D eigenvalue weighted by atomic mass is 16.5. The van der Waals surface area contributed by atoms with Crippen LogP contribution < -0.4 is 4.74 Å². The molecule has 3 nitrogen and oxygen atoms in total. The Labute approximate surface area is 134 Å². The van der Waals surface area contributed by atoms with Crippen LogP contribution in [0, 0.1) is 0 Å². The van der Waals surface area contributed by atoms with Gasteiger partial charge in [0.2, 0.25) is 5.88 Å². The maximum Gasteiger partial charge on any atom is 0.217 e. The van der Waals surface area contributed by atoms with Crippen molar-refractivity contribution in [3.63, 3.8) is 0 Å². The molecule has 0 aliphatic carbocycles. The van der Waals surface area contributed by atoms with E-state index < -0.39 is 0 Å². The van der Waals surface area contributed by atoms with E-state index >= 15 is 0 Å². The van der Waals surface area contributed by atoms with Gasteiger partial charge in [0.05, 0.1) is 12.1 Å². The lowest BCUT2D eigenvalue weighted by atomic mass is 10.0. The minimum Gasteiger partial charge on any atom is -0.477 e. The summed E-state index contributed by atoms with van der Waals surface area (Å²) in [4.78, 5) is 17.1. The minimum absolute atomic E-state index is 0.110. The first-order chi connectivity index (χ1) is 11.3. The van der Waals surface area contributed by atoms with Crippen LogP contribution in [-0.4, -0.2) is 17.4 Å². The molecule has 3 aromatic rings. The Morgan fingerprint density at radius 2 is 1.96 bits per heavy atom. The molecule has 2 heterocycles. The monoisotopic (exact) mass is 303 g/mol. The van der Waals surface area contributed by atoms with Crippen molar-refractivity contribution in [1.82, 2.24) is 4.98 Å². The molecule has 0 N–H and O–H groups in total. The third-order valence-electron chi connectivity index (χ3n) is 4.22. The minimum atomic E-state index is 0.110. The first kappa shape index (κ1) is 13.9. The Balaban J connectivity index is 1.66. The fourth-order valence-electron chi connectivity index (χ4n) is 2.99. The summed E-state index contributed by atoms with van der Waals surface area (Å²) < 4.78 is 5.63. The first-order valence-corrected chi connectivity index (χ1v) is 7.93. The van der Waals surface area contributed by atoms with E-state index in [9.17, 15) is 4.79 Å². The van der Waals surface area contributed by atoms with Gasteiger partial charge in [-0.3, -0.25) is 4.79 Å². The van der Waals surface area contributed by atoms with Gasteiger partial charge in [0, 0.05) is 22.9 Å². The molecule has 0 unspecified atom stereocenters. The van der Waals surface area contributed by atoms with E-state index in [0.717, 1.165) is 47.4 Å². The average Bonchev–Trinajstić information content (AvgIpc) is 2.60. The standard InChI is InChI=1S/C20H17NO2/c22-19(11-14-5-2-1-3-6-14)16-9-8-15-12-17-7-4-10-23-20(17)21-18(15)13-16/h1-3,5-6,8-9,12-13H,4,7,10-11H2. The second-order valence-electron chi connectivity index (χ2n) is 5.90. The van der Waals surface area contributed by atoms with Crippen molar-refractivity contribution in [3.8, 4) is 5.88 Å². The zero-order valence-electron chi connectivity index (χ0n) is 12.8. The number of Topliss-reactive ketones (excluding diaryl/α,β-unsaturated/α-hetero) is 1. The number of benzene rings is 2. The number of nitrogens with zero attached hydrogens (tertiary/aromatic N) is 1. The molecule has 1 aliphatic rings. The fourth-order valence-corrected chi connectivity index (χ4v) is 2.99. The van der Waals surface area contributed by atoms with Crippen molar-refractivity contribution in [1.29, 1.82) is 0 Å². The molecule has 3 heteroatoms. The van der Waals surface area contributed by atoms with Crippen LogP contribution >= 0.6 is 0 Å². The molecule has 0 saturated heterocycles. The van der Waals surface area contributed by atoms with E-state index in [1.807, 2.05) is 48.5 Å². The number of hydrogen-bond donors (Lipinski definition) is 0. The normalized spacial score (nSPS) is 13.4. The number of ketones is 1. The summed E-state index contributed by atoms with van der Waals surface area (Å²) in [5.41, 5.74) is 3.71. The number of pyridine rings is 1. The SMILES string of the molecule is O=C(Cc1ccccc1)c1ccc2cc3c(nc2c1)OCCC3. The van der Waals surface area contributed by atoms with Crippen LogP contribution in [0.5, 0.6) is 5.88 Å². The number of carbonyl (C=O) groups excluding carboxylic acids is 1. The Morgan fingerprint density at radius 1 is 1.09 bits per heavy atom. The van der Waals surface area contributed by atoms with E-state index in [2.05, 4.69) is 11.1 Å². The number of aromatic nitrogens is 1. The Hall–Kier alpha value is -2.68. The highest BCUT2D eigenvalue weighted by Gasteiger charge is 2.14. The molecule has 0 atom stereocenters. The van der Waals surface area contributed by atoms with Gasteiger partial charge in [-0.15, -0.1) is 0 Å². The van der Waals surface area contributed by atoms with Crippen molar-refractivity contribution in [3.05, 3.63) is 71.3 Å². The highest BCUT2D eigenvalue weighted by Crippen LogP contribution is 2.27. The summed E-state index contributed by atoms with van der Waals surface area (Å²) >= 11 is 0. The third kappa shape index (κ3) is 2.82. The largest absolute Gasteiger partial charge is 0.477 e. The average molecular weight is 303 g/mol. The molecule has 1 aliphatic heterocycles. The summed E-state index contributed by atoms with van der Waals surface area (Å²) in [6.07, 6.45) is 2.45. The van der Waals surface area contributed by atoms with Crippen LogP contribution in [0.2, 0.25) is 0 Å². The van der Waals surface area contributed by atoms with Gasteiger partial charge in [-0.05, 0) is 30.5 Å². The number of hydrogen-bond acceptors (Lipinski definition) is 3. The lowest BCUT2D eigenvalue weighted by Crippen LogP contribution is -2.10. The first-order valence-electron chi connectivity index (χ1n) is 7.93. The third-order valence-corrected chi connectivity index (χ3v) is 4.22. The number of carbonyl (C=O) groups is 1. The van der Waals surface area contributed by atoms with E-state index in [4.69, 9.17) is 4.74 Å². The predicted molar refractivity (Wildman–Crippen MR) is 90.0 cm³/mol. The van der Waals surface area contributed by atoms with Crippen molar-refractivity contribution in [2.45, 2.75) is 19.3 Å². The molecule has 0 saturated carbocycles. The van der Waals surface area contributed by atoms with Gasteiger partial charge in [-0.1, -0.05) is 42.5 Å². The molecular weight excluding hydrogens is 286 g/mol. The van der Waals surface area contributed by atoms with Crippen molar-refractivity contribution in [2.75, 3.05) is 6.61 Å². The number of ether oxygens (including phenoxy) is 1. The van der Waals surface area contributed by atoms with Crippen LogP contribution in [0.1, 0.15) is 27.9 Å². The molecule has 4 rings (SSSR count). The fraction of sp³-hybridized carbons (Fsp3) is 0.200. The van der Waals surface area contributed by atoms with Crippen LogP contribution in [0.4, 0.5) is 0 Å². The number of fused-ring (bicyclic) bond motifs is 2. The van der Waals surface area contributed by atoms with Gasteiger partial charge in [0.25, 0.3) is 0 Å². The summed E-state index contributed by atoms with van der Waals surface area (Å²) in [5.74, 6) is 0.829. The van der Waals surface area contributed by atoms with Gasteiger partial charge >= 0.3 is 0 Å². The lowest BCUT2D eigenvalue weighted by Gasteiger charge is -2.16. The molecule has 23 heavy (non-hydrogen) atoms. The molecule has 2 aromatic carbocycles. The van der Waals surface area contributed by atoms with E-state index in [1.54, 1.807) is 0 Å². The topological polar surface area (TPSA) is 39.2 Å². The predicted octanol–water partition coefficient (Wildman–Crippen LogP) is 3.99. The molecule has 0 amide bonds.